The third kappa shape index (κ3) is 2.66. The Kier molecular flexibility index (Phi) is 3.23. The van der Waals surface area contributed by atoms with Gasteiger partial charge < -0.3 is 9.73 Å². The van der Waals surface area contributed by atoms with Crippen LogP contribution in [-0.2, 0) is 6.54 Å². The number of fused-ring (bicyclic) bond motifs is 1. The highest BCUT2D eigenvalue weighted by atomic mass is 16.6. The molecule has 1 aromatic carbocycles. The maximum Gasteiger partial charge on any atom is 0.298 e. The summed E-state index contributed by atoms with van der Waals surface area (Å²) in [6.45, 7) is 2.39. The van der Waals surface area contributed by atoms with E-state index in [1.165, 1.54) is 6.07 Å². The molecule has 0 radical (unpaired) electrons. The molecule has 0 atom stereocenters. The topological polar surface area (TPSA) is 94.1 Å². The number of nitrogens with zero attached hydrogens (tertiary/aromatic N) is 3. The van der Waals surface area contributed by atoms with Crippen LogP contribution in [-0.4, -0.2) is 14.9 Å². The molecule has 21 heavy (non-hydrogen) atoms. The predicted octanol–water partition coefficient (Wildman–Crippen LogP) is 3.05. The van der Waals surface area contributed by atoms with Gasteiger partial charge in [-0.05, 0) is 24.6 Å². The van der Waals surface area contributed by atoms with Crippen LogP contribution in [0.1, 0.15) is 11.3 Å². The third-order valence-electron chi connectivity index (χ3n) is 3.01. The molecule has 0 amide bonds. The summed E-state index contributed by atoms with van der Waals surface area (Å²) in [6.07, 6.45) is 1.76. The fourth-order valence-corrected chi connectivity index (χ4v) is 1.94. The number of non-ortho nitro benzene ring substituents is 1. The molecule has 106 valence electrons. The van der Waals surface area contributed by atoms with Gasteiger partial charge in [-0.3, -0.25) is 15.1 Å². The summed E-state index contributed by atoms with van der Waals surface area (Å²) in [4.78, 5) is 18.8. The first-order valence-corrected chi connectivity index (χ1v) is 6.33. The number of oxazole rings is 1. The number of hydrogen-bond acceptors (Lipinski definition) is 6. The van der Waals surface area contributed by atoms with Crippen LogP contribution in [0.25, 0.3) is 11.1 Å². The Labute approximate surface area is 119 Å². The number of aryl methyl sites for hydroxylation is 1. The highest BCUT2D eigenvalue weighted by molar-refractivity contribution is 5.83. The normalized spacial score (nSPS) is 10.7. The third-order valence-corrected chi connectivity index (χ3v) is 3.01. The number of rotatable bonds is 4. The number of anilines is 1. The van der Waals surface area contributed by atoms with Crippen molar-refractivity contribution < 1.29 is 9.34 Å². The molecule has 0 saturated heterocycles. The summed E-state index contributed by atoms with van der Waals surface area (Å²) in [6, 6.07) is 8.72. The van der Waals surface area contributed by atoms with E-state index in [2.05, 4.69) is 15.3 Å². The van der Waals surface area contributed by atoms with Crippen LogP contribution < -0.4 is 5.32 Å². The van der Waals surface area contributed by atoms with Crippen molar-refractivity contribution in [1.82, 2.24) is 9.97 Å². The van der Waals surface area contributed by atoms with Crippen molar-refractivity contribution in [3.8, 4) is 0 Å². The standard InChI is InChI=1S/C14H12N4O3/c1-9-5-6-10(7-15-9)8-16-14-17-13-11(18(19)20)3-2-4-12(13)21-14/h2-7H,8H2,1H3,(H,16,17). The van der Waals surface area contributed by atoms with E-state index in [-0.39, 0.29) is 17.2 Å². The Morgan fingerprint density at radius 3 is 2.90 bits per heavy atom. The highest BCUT2D eigenvalue weighted by Gasteiger charge is 2.17. The van der Waals surface area contributed by atoms with Gasteiger partial charge in [-0.2, -0.15) is 4.98 Å². The van der Waals surface area contributed by atoms with E-state index in [0.717, 1.165) is 11.3 Å². The Morgan fingerprint density at radius 1 is 1.33 bits per heavy atom. The van der Waals surface area contributed by atoms with Gasteiger partial charge in [-0.25, -0.2) is 0 Å². The van der Waals surface area contributed by atoms with E-state index in [1.807, 2.05) is 19.1 Å². The fourth-order valence-electron chi connectivity index (χ4n) is 1.94. The minimum Gasteiger partial charge on any atom is -0.423 e. The molecule has 0 saturated carbocycles. The molecule has 0 bridgehead atoms. The number of hydrogen-bond donors (Lipinski definition) is 1. The molecule has 0 aliphatic rings. The van der Waals surface area contributed by atoms with E-state index in [1.54, 1.807) is 18.3 Å². The lowest BCUT2D eigenvalue weighted by Gasteiger charge is -2.01. The van der Waals surface area contributed by atoms with Crippen LogP contribution in [0.5, 0.6) is 0 Å². The lowest BCUT2D eigenvalue weighted by Crippen LogP contribution is -2.00. The SMILES string of the molecule is Cc1ccc(CNc2nc3c([N+](=O)[O-])cccc3o2)cn1. The lowest BCUT2D eigenvalue weighted by molar-refractivity contribution is -0.383. The molecule has 0 unspecified atom stereocenters. The maximum atomic E-state index is 10.9. The average molecular weight is 284 g/mol. The summed E-state index contributed by atoms with van der Waals surface area (Å²) < 4.78 is 5.46. The average Bonchev–Trinajstić information content (AvgIpc) is 2.89. The molecular weight excluding hydrogens is 272 g/mol. The van der Waals surface area contributed by atoms with Crippen molar-refractivity contribution >= 4 is 22.8 Å². The van der Waals surface area contributed by atoms with E-state index < -0.39 is 4.92 Å². The summed E-state index contributed by atoms with van der Waals surface area (Å²) in [5.74, 6) is 0. The summed E-state index contributed by atoms with van der Waals surface area (Å²) >= 11 is 0. The zero-order chi connectivity index (χ0) is 14.8. The van der Waals surface area contributed by atoms with Gasteiger partial charge in [0.2, 0.25) is 0 Å². The molecule has 2 aromatic heterocycles. The van der Waals surface area contributed by atoms with Crippen LogP contribution in [0, 0.1) is 17.0 Å². The Morgan fingerprint density at radius 2 is 2.19 bits per heavy atom. The second-order valence-electron chi connectivity index (χ2n) is 4.56. The van der Waals surface area contributed by atoms with E-state index >= 15 is 0 Å². The minimum atomic E-state index is -0.474. The summed E-state index contributed by atoms with van der Waals surface area (Å²) in [5.41, 5.74) is 2.47. The quantitative estimate of drug-likeness (QED) is 0.584. The number of nitro benzene ring substituents is 1. The molecule has 7 heteroatoms. The van der Waals surface area contributed by atoms with Gasteiger partial charge in [-0.15, -0.1) is 0 Å². The smallest absolute Gasteiger partial charge is 0.298 e. The summed E-state index contributed by atoms with van der Waals surface area (Å²) in [5, 5.41) is 13.9. The maximum absolute atomic E-state index is 10.9. The molecule has 0 spiro atoms. The van der Waals surface area contributed by atoms with E-state index in [0.29, 0.717) is 12.1 Å². The van der Waals surface area contributed by atoms with Gasteiger partial charge in [0, 0.05) is 24.5 Å². The van der Waals surface area contributed by atoms with Crippen LogP contribution in [0.15, 0.2) is 40.9 Å². The van der Waals surface area contributed by atoms with Crippen LogP contribution in [0.3, 0.4) is 0 Å². The Bertz CT molecular complexity index is 796. The van der Waals surface area contributed by atoms with Crippen molar-refractivity contribution in [3.05, 3.63) is 57.9 Å². The van der Waals surface area contributed by atoms with Crippen LogP contribution in [0.2, 0.25) is 0 Å². The second kappa shape index (κ2) is 5.20. The number of para-hydroxylation sites is 1. The zero-order valence-electron chi connectivity index (χ0n) is 11.2. The van der Waals surface area contributed by atoms with Crippen LogP contribution >= 0.6 is 0 Å². The first-order chi connectivity index (χ1) is 10.1. The van der Waals surface area contributed by atoms with Crippen molar-refractivity contribution in [2.75, 3.05) is 5.32 Å². The molecule has 0 fully saturated rings. The Balaban J connectivity index is 1.83. The largest absolute Gasteiger partial charge is 0.423 e. The lowest BCUT2D eigenvalue weighted by atomic mass is 10.2. The fraction of sp³-hybridized carbons (Fsp3) is 0.143. The van der Waals surface area contributed by atoms with Gasteiger partial charge in [0.05, 0.1) is 4.92 Å². The molecule has 0 aliphatic heterocycles. The first-order valence-electron chi connectivity index (χ1n) is 6.33. The molecule has 7 nitrogen and oxygen atoms in total. The number of nitrogens with one attached hydrogen (secondary N) is 1. The first kappa shape index (κ1) is 13.0. The molecule has 3 rings (SSSR count). The van der Waals surface area contributed by atoms with Gasteiger partial charge in [0.1, 0.15) is 0 Å². The van der Waals surface area contributed by atoms with Crippen molar-refractivity contribution in [1.29, 1.82) is 0 Å². The number of pyridine rings is 1. The van der Waals surface area contributed by atoms with E-state index in [4.69, 9.17) is 4.42 Å². The number of nitro groups is 1. The molecular formula is C14H12N4O3. The van der Waals surface area contributed by atoms with Gasteiger partial charge >= 0.3 is 0 Å². The molecule has 1 N–H and O–H groups in total. The van der Waals surface area contributed by atoms with Gasteiger partial charge in [0.25, 0.3) is 11.7 Å². The zero-order valence-corrected chi connectivity index (χ0v) is 11.2. The molecule has 2 heterocycles. The van der Waals surface area contributed by atoms with Crippen molar-refractivity contribution in [3.63, 3.8) is 0 Å². The Hall–Kier alpha value is -2.96. The summed E-state index contributed by atoms with van der Waals surface area (Å²) in [7, 11) is 0. The number of aromatic nitrogens is 2. The molecule has 3 aromatic rings. The van der Waals surface area contributed by atoms with Crippen molar-refractivity contribution in [2.24, 2.45) is 0 Å². The number of benzene rings is 1. The van der Waals surface area contributed by atoms with Crippen LogP contribution in [0.4, 0.5) is 11.7 Å². The molecule has 0 aliphatic carbocycles. The monoisotopic (exact) mass is 284 g/mol. The van der Waals surface area contributed by atoms with E-state index in [9.17, 15) is 10.1 Å². The van der Waals surface area contributed by atoms with Gasteiger partial charge in [0.15, 0.2) is 11.1 Å². The highest BCUT2D eigenvalue weighted by Crippen LogP contribution is 2.27. The van der Waals surface area contributed by atoms with Gasteiger partial charge in [-0.1, -0.05) is 12.1 Å². The predicted molar refractivity (Wildman–Crippen MR) is 77.0 cm³/mol. The second-order valence-corrected chi connectivity index (χ2v) is 4.56. The van der Waals surface area contributed by atoms with Crippen molar-refractivity contribution in [2.45, 2.75) is 13.5 Å². The minimum absolute atomic E-state index is 0.0682.